The lowest BCUT2D eigenvalue weighted by Gasteiger charge is -2.12. The molecule has 17 heavy (non-hydrogen) atoms. The molecule has 0 heterocycles. The molecule has 88 valence electrons. The molecule has 0 aliphatic carbocycles. The predicted octanol–water partition coefficient (Wildman–Crippen LogP) is 4.79. The smallest absolute Gasteiger partial charge is 0.104 e. The third kappa shape index (κ3) is 3.22. The molecule has 0 spiro atoms. The lowest BCUT2D eigenvalue weighted by Crippen LogP contribution is -1.99. The zero-order valence-corrected chi connectivity index (χ0v) is 13.2. The number of benzene rings is 2. The predicted molar refractivity (Wildman–Crippen MR) is 82.4 cm³/mol. The topological polar surface area (TPSA) is 20.2 Å². The van der Waals surface area contributed by atoms with Gasteiger partial charge in [-0.2, -0.15) is 0 Å². The normalized spacial score (nSPS) is 12.5. The molecule has 0 aliphatic heterocycles. The minimum atomic E-state index is -0.641. The van der Waals surface area contributed by atoms with Crippen molar-refractivity contribution < 1.29 is 5.11 Å². The molecule has 0 amide bonds. The SMILES string of the molecule is OC(c1ccc(Br)cc1)c1ccc(I)c(Cl)c1. The highest BCUT2D eigenvalue weighted by Crippen LogP contribution is 2.27. The summed E-state index contributed by atoms with van der Waals surface area (Å²) in [7, 11) is 0. The number of rotatable bonds is 2. The summed E-state index contributed by atoms with van der Waals surface area (Å²) in [6.07, 6.45) is -0.641. The average molecular weight is 423 g/mol. The van der Waals surface area contributed by atoms with Crippen LogP contribution in [-0.2, 0) is 0 Å². The van der Waals surface area contributed by atoms with Crippen LogP contribution in [-0.4, -0.2) is 5.11 Å². The number of halogens is 3. The molecule has 0 saturated heterocycles. The fraction of sp³-hybridized carbons (Fsp3) is 0.0769. The number of hydrogen-bond acceptors (Lipinski definition) is 1. The van der Waals surface area contributed by atoms with Crippen molar-refractivity contribution in [3.05, 3.63) is 66.7 Å². The first-order valence-corrected chi connectivity index (χ1v) is 7.21. The highest BCUT2D eigenvalue weighted by atomic mass is 127. The fourth-order valence-corrected chi connectivity index (χ4v) is 2.31. The van der Waals surface area contributed by atoms with E-state index in [9.17, 15) is 5.11 Å². The lowest BCUT2D eigenvalue weighted by atomic mass is 10.0. The molecule has 4 heteroatoms. The van der Waals surface area contributed by atoms with Gasteiger partial charge < -0.3 is 5.11 Å². The first-order valence-electron chi connectivity index (χ1n) is 4.96. The minimum absolute atomic E-state index is 0.641. The van der Waals surface area contributed by atoms with E-state index in [0.717, 1.165) is 19.2 Å². The Hall–Kier alpha value is -0.100. The highest BCUT2D eigenvalue weighted by molar-refractivity contribution is 14.1. The van der Waals surface area contributed by atoms with Crippen molar-refractivity contribution in [2.24, 2.45) is 0 Å². The van der Waals surface area contributed by atoms with Gasteiger partial charge in [-0.15, -0.1) is 0 Å². The molecule has 1 nitrogen and oxygen atoms in total. The molecule has 0 aromatic heterocycles. The summed E-state index contributed by atoms with van der Waals surface area (Å²) >= 11 is 11.6. The van der Waals surface area contributed by atoms with Gasteiger partial charge in [0.2, 0.25) is 0 Å². The van der Waals surface area contributed by atoms with Crippen molar-refractivity contribution >= 4 is 50.1 Å². The quantitative estimate of drug-likeness (QED) is 0.689. The molecule has 1 unspecified atom stereocenters. The first-order chi connectivity index (χ1) is 8.08. The fourth-order valence-electron chi connectivity index (χ4n) is 1.52. The maximum atomic E-state index is 10.2. The molecule has 0 saturated carbocycles. The van der Waals surface area contributed by atoms with Crippen LogP contribution < -0.4 is 0 Å². The summed E-state index contributed by atoms with van der Waals surface area (Å²) in [6.45, 7) is 0. The van der Waals surface area contributed by atoms with Crippen molar-refractivity contribution in [1.82, 2.24) is 0 Å². The second kappa shape index (κ2) is 5.69. The molecule has 2 aromatic carbocycles. The van der Waals surface area contributed by atoms with Gasteiger partial charge in [0.25, 0.3) is 0 Å². The monoisotopic (exact) mass is 422 g/mol. The van der Waals surface area contributed by atoms with Gasteiger partial charge in [0.1, 0.15) is 6.10 Å². The number of hydrogen-bond donors (Lipinski definition) is 1. The summed E-state index contributed by atoms with van der Waals surface area (Å²) in [6, 6.07) is 13.2. The third-order valence-electron chi connectivity index (χ3n) is 2.45. The van der Waals surface area contributed by atoms with Gasteiger partial charge in [-0.25, -0.2) is 0 Å². The molecule has 2 rings (SSSR count). The van der Waals surface area contributed by atoms with Gasteiger partial charge in [-0.1, -0.05) is 45.7 Å². The third-order valence-corrected chi connectivity index (χ3v) is 4.55. The van der Waals surface area contributed by atoms with E-state index in [4.69, 9.17) is 11.6 Å². The van der Waals surface area contributed by atoms with Gasteiger partial charge in [-0.05, 0) is 58.0 Å². The Balaban J connectivity index is 2.33. The van der Waals surface area contributed by atoms with Gasteiger partial charge in [0.05, 0.1) is 5.02 Å². The van der Waals surface area contributed by atoms with Crippen LogP contribution in [0.15, 0.2) is 46.9 Å². The van der Waals surface area contributed by atoms with Crippen LogP contribution in [0.2, 0.25) is 5.02 Å². The van der Waals surface area contributed by atoms with Crippen molar-refractivity contribution in [1.29, 1.82) is 0 Å². The molecule has 1 atom stereocenters. The van der Waals surface area contributed by atoms with Gasteiger partial charge in [-0.3, -0.25) is 0 Å². The van der Waals surface area contributed by atoms with Crippen molar-refractivity contribution in [2.45, 2.75) is 6.10 Å². The zero-order chi connectivity index (χ0) is 12.4. The van der Waals surface area contributed by atoms with E-state index in [1.54, 1.807) is 6.07 Å². The first kappa shape index (κ1) is 13.3. The lowest BCUT2D eigenvalue weighted by molar-refractivity contribution is 0.220. The number of aliphatic hydroxyl groups excluding tert-OH is 1. The molecule has 2 aromatic rings. The van der Waals surface area contributed by atoms with E-state index in [2.05, 4.69) is 38.5 Å². The van der Waals surface area contributed by atoms with Crippen LogP contribution in [0.1, 0.15) is 17.2 Å². The van der Waals surface area contributed by atoms with Gasteiger partial charge >= 0.3 is 0 Å². The zero-order valence-electron chi connectivity index (χ0n) is 8.70. The highest BCUT2D eigenvalue weighted by Gasteiger charge is 2.11. The van der Waals surface area contributed by atoms with Crippen LogP contribution in [0.5, 0.6) is 0 Å². The van der Waals surface area contributed by atoms with Gasteiger partial charge in [0, 0.05) is 8.04 Å². The summed E-state index contributed by atoms with van der Waals surface area (Å²) in [5.41, 5.74) is 1.66. The van der Waals surface area contributed by atoms with Crippen LogP contribution in [0.4, 0.5) is 0 Å². The van der Waals surface area contributed by atoms with Crippen LogP contribution in [0.3, 0.4) is 0 Å². The van der Waals surface area contributed by atoms with Crippen LogP contribution in [0.25, 0.3) is 0 Å². The van der Waals surface area contributed by atoms with E-state index in [-0.39, 0.29) is 0 Å². The largest absolute Gasteiger partial charge is 0.384 e. The number of aliphatic hydroxyl groups is 1. The second-order valence-electron chi connectivity index (χ2n) is 3.63. The Morgan fingerprint density at radius 3 is 2.24 bits per heavy atom. The van der Waals surface area contributed by atoms with E-state index >= 15 is 0 Å². The molecular formula is C13H9BrClIO. The van der Waals surface area contributed by atoms with Crippen molar-refractivity contribution in [2.75, 3.05) is 0 Å². The average Bonchev–Trinajstić information content (AvgIpc) is 2.33. The Morgan fingerprint density at radius 1 is 1.06 bits per heavy atom. The van der Waals surface area contributed by atoms with E-state index in [1.807, 2.05) is 36.4 Å². The Labute approximate surface area is 127 Å². The Kier molecular flexibility index (Phi) is 4.47. The van der Waals surface area contributed by atoms with Crippen LogP contribution in [0, 0.1) is 3.57 Å². The van der Waals surface area contributed by atoms with Crippen molar-refractivity contribution in [3.63, 3.8) is 0 Å². The van der Waals surface area contributed by atoms with Crippen LogP contribution >= 0.6 is 50.1 Å². The Morgan fingerprint density at radius 2 is 1.65 bits per heavy atom. The molecule has 0 bridgehead atoms. The molecule has 0 aliphatic rings. The van der Waals surface area contributed by atoms with E-state index in [0.29, 0.717) is 5.02 Å². The van der Waals surface area contributed by atoms with Gasteiger partial charge in [0.15, 0.2) is 0 Å². The maximum absolute atomic E-state index is 10.2. The summed E-state index contributed by atoms with van der Waals surface area (Å²) in [5.74, 6) is 0. The standard InChI is InChI=1S/C13H9BrClIO/c14-10-4-1-8(2-5-10)13(17)9-3-6-12(16)11(15)7-9/h1-7,13,17H. The van der Waals surface area contributed by atoms with E-state index < -0.39 is 6.10 Å². The maximum Gasteiger partial charge on any atom is 0.104 e. The summed E-state index contributed by atoms with van der Waals surface area (Å²) < 4.78 is 1.98. The molecule has 0 radical (unpaired) electrons. The van der Waals surface area contributed by atoms with Crippen molar-refractivity contribution in [3.8, 4) is 0 Å². The summed E-state index contributed by atoms with van der Waals surface area (Å²) in [4.78, 5) is 0. The minimum Gasteiger partial charge on any atom is -0.384 e. The summed E-state index contributed by atoms with van der Waals surface area (Å²) in [5, 5.41) is 10.9. The second-order valence-corrected chi connectivity index (χ2v) is 6.11. The Bertz CT molecular complexity index is 527. The molecule has 0 fully saturated rings. The molecular weight excluding hydrogens is 414 g/mol. The van der Waals surface area contributed by atoms with E-state index in [1.165, 1.54) is 0 Å². The molecule has 1 N–H and O–H groups in total.